The number of H-pyrrole nitrogens is 1. The minimum Gasteiger partial charge on any atom is -0.351 e. The lowest BCUT2D eigenvalue weighted by Crippen LogP contribution is -2.51. The number of nitrogens with one attached hydrogen (secondary N) is 4. The molecule has 2 aromatic carbocycles. The number of carbonyl (C=O) groups excluding carboxylic acids is 1. The highest BCUT2D eigenvalue weighted by atomic mass is 16.1. The van der Waals surface area contributed by atoms with Crippen LogP contribution in [-0.4, -0.2) is 41.1 Å². The predicted octanol–water partition coefficient (Wildman–Crippen LogP) is 2.93. The summed E-state index contributed by atoms with van der Waals surface area (Å²) in [5.74, 6) is -0.00977. The number of aromatic nitrogens is 1. The average Bonchev–Trinajstić information content (AvgIpc) is 3.42. The van der Waals surface area contributed by atoms with Crippen LogP contribution >= 0.6 is 0 Å². The van der Waals surface area contributed by atoms with Crippen molar-refractivity contribution in [3.63, 3.8) is 0 Å². The Kier molecular flexibility index (Phi) is 5.06. The Labute approximate surface area is 170 Å². The summed E-state index contributed by atoms with van der Waals surface area (Å²) >= 11 is 0. The second kappa shape index (κ2) is 7.99. The van der Waals surface area contributed by atoms with E-state index >= 15 is 0 Å². The van der Waals surface area contributed by atoms with Crippen LogP contribution in [0.1, 0.15) is 41.4 Å². The topological polar surface area (TPSA) is 72.2 Å². The number of rotatable bonds is 4. The van der Waals surface area contributed by atoms with Gasteiger partial charge in [0.1, 0.15) is 5.69 Å². The third-order valence-electron chi connectivity index (χ3n) is 6.17. The van der Waals surface area contributed by atoms with Crippen molar-refractivity contribution in [1.82, 2.24) is 26.1 Å². The van der Waals surface area contributed by atoms with Crippen LogP contribution in [0.25, 0.3) is 10.9 Å². The summed E-state index contributed by atoms with van der Waals surface area (Å²) in [7, 11) is 0. The Bertz CT molecular complexity index is 944. The first kappa shape index (κ1) is 18.4. The number of likely N-dealkylation sites (tertiary alicyclic amines) is 1. The van der Waals surface area contributed by atoms with E-state index in [0.29, 0.717) is 17.9 Å². The number of piperidine rings is 1. The van der Waals surface area contributed by atoms with Gasteiger partial charge in [-0.15, -0.1) is 0 Å². The van der Waals surface area contributed by atoms with E-state index in [-0.39, 0.29) is 11.9 Å². The summed E-state index contributed by atoms with van der Waals surface area (Å²) in [4.78, 5) is 18.3. The first-order valence-corrected chi connectivity index (χ1v) is 10.4. The van der Waals surface area contributed by atoms with Gasteiger partial charge in [-0.1, -0.05) is 48.5 Å². The molecule has 0 radical (unpaired) electrons. The lowest BCUT2D eigenvalue weighted by Gasteiger charge is -2.35. The lowest BCUT2D eigenvalue weighted by atomic mass is 10.0. The zero-order valence-corrected chi connectivity index (χ0v) is 16.4. The zero-order chi connectivity index (χ0) is 19.6. The summed E-state index contributed by atoms with van der Waals surface area (Å²) < 4.78 is 0. The van der Waals surface area contributed by atoms with Crippen LogP contribution in [0.2, 0.25) is 0 Å². The predicted molar refractivity (Wildman–Crippen MR) is 114 cm³/mol. The fourth-order valence-corrected chi connectivity index (χ4v) is 4.50. The molecule has 0 saturated carbocycles. The Hall–Kier alpha value is -2.67. The van der Waals surface area contributed by atoms with Gasteiger partial charge in [-0.2, -0.15) is 0 Å². The smallest absolute Gasteiger partial charge is 0.267 e. The molecule has 2 aliphatic rings. The Balaban J connectivity index is 1.13. The molecule has 0 aliphatic carbocycles. The number of hydrazine groups is 1. The van der Waals surface area contributed by atoms with Gasteiger partial charge in [0.15, 0.2) is 0 Å². The molecule has 3 heterocycles. The first-order valence-electron chi connectivity index (χ1n) is 10.4. The van der Waals surface area contributed by atoms with Crippen molar-refractivity contribution in [3.05, 3.63) is 71.9 Å². The molecular weight excluding hydrogens is 362 g/mol. The van der Waals surface area contributed by atoms with Gasteiger partial charge in [0.2, 0.25) is 0 Å². The highest BCUT2D eigenvalue weighted by Gasteiger charge is 2.32. The van der Waals surface area contributed by atoms with Crippen molar-refractivity contribution in [1.29, 1.82) is 0 Å². The molecule has 1 aromatic heterocycles. The van der Waals surface area contributed by atoms with Gasteiger partial charge in [0.25, 0.3) is 5.91 Å². The molecule has 4 N–H and O–H groups in total. The SMILES string of the molecule is O=C(NC1CCN(C2CC(c3ccccc3)NN2)CC1)c1cc2ccccc2[nH]1. The molecule has 2 aliphatic heterocycles. The molecule has 0 bridgehead atoms. The second-order valence-corrected chi connectivity index (χ2v) is 8.06. The number of aromatic amines is 1. The van der Waals surface area contributed by atoms with Crippen molar-refractivity contribution >= 4 is 16.8 Å². The number of nitrogens with zero attached hydrogens (tertiary/aromatic N) is 1. The van der Waals surface area contributed by atoms with Gasteiger partial charge >= 0.3 is 0 Å². The third kappa shape index (κ3) is 3.92. The number of benzene rings is 2. The molecule has 1 amide bonds. The van der Waals surface area contributed by atoms with Crippen molar-refractivity contribution in [3.8, 4) is 0 Å². The molecular formula is C23H27N5O. The zero-order valence-electron chi connectivity index (χ0n) is 16.4. The van der Waals surface area contributed by atoms with Crippen LogP contribution in [0.4, 0.5) is 0 Å². The van der Waals surface area contributed by atoms with Crippen LogP contribution in [0.5, 0.6) is 0 Å². The Morgan fingerprint density at radius 2 is 1.72 bits per heavy atom. The van der Waals surface area contributed by atoms with Crippen molar-refractivity contribution in [2.45, 2.75) is 37.5 Å². The number of hydrogen-bond acceptors (Lipinski definition) is 4. The number of carbonyl (C=O) groups is 1. The molecule has 29 heavy (non-hydrogen) atoms. The van der Waals surface area contributed by atoms with Crippen molar-refractivity contribution < 1.29 is 4.79 Å². The molecule has 6 nitrogen and oxygen atoms in total. The van der Waals surface area contributed by atoms with E-state index in [2.05, 4.69) is 56.4 Å². The van der Waals surface area contributed by atoms with E-state index in [1.807, 2.05) is 30.3 Å². The Morgan fingerprint density at radius 3 is 2.52 bits per heavy atom. The van der Waals surface area contributed by atoms with Crippen LogP contribution in [0.15, 0.2) is 60.7 Å². The van der Waals surface area contributed by atoms with Crippen LogP contribution in [0, 0.1) is 0 Å². The molecule has 150 valence electrons. The maximum absolute atomic E-state index is 12.6. The molecule has 2 saturated heterocycles. The average molecular weight is 390 g/mol. The summed E-state index contributed by atoms with van der Waals surface area (Å²) in [6, 6.07) is 21.1. The molecule has 0 spiro atoms. The van der Waals surface area contributed by atoms with Crippen LogP contribution < -0.4 is 16.2 Å². The van der Waals surface area contributed by atoms with Crippen molar-refractivity contribution in [2.24, 2.45) is 0 Å². The Morgan fingerprint density at radius 1 is 0.966 bits per heavy atom. The second-order valence-electron chi connectivity index (χ2n) is 8.06. The van der Waals surface area contributed by atoms with Gasteiger partial charge in [0, 0.05) is 36.1 Å². The molecule has 6 heteroatoms. The van der Waals surface area contributed by atoms with Gasteiger partial charge in [-0.3, -0.25) is 9.69 Å². The minimum absolute atomic E-state index is 0.00977. The first-order chi connectivity index (χ1) is 14.3. The lowest BCUT2D eigenvalue weighted by molar-refractivity contribution is 0.0876. The molecule has 2 fully saturated rings. The highest BCUT2D eigenvalue weighted by molar-refractivity contribution is 5.98. The monoisotopic (exact) mass is 389 g/mol. The minimum atomic E-state index is -0.00977. The maximum atomic E-state index is 12.6. The van der Waals surface area contributed by atoms with Gasteiger partial charge in [-0.25, -0.2) is 10.9 Å². The number of hydrogen-bond donors (Lipinski definition) is 4. The van der Waals surface area contributed by atoms with Crippen LogP contribution in [0.3, 0.4) is 0 Å². The molecule has 3 aromatic rings. The van der Waals surface area contributed by atoms with Gasteiger partial charge < -0.3 is 10.3 Å². The molecule has 2 atom stereocenters. The van der Waals surface area contributed by atoms with E-state index in [4.69, 9.17) is 0 Å². The summed E-state index contributed by atoms with van der Waals surface area (Å²) in [6.45, 7) is 1.97. The van der Waals surface area contributed by atoms with E-state index in [1.165, 1.54) is 5.56 Å². The summed E-state index contributed by atoms with van der Waals surface area (Å²) in [5.41, 5.74) is 9.85. The van der Waals surface area contributed by atoms with E-state index in [9.17, 15) is 4.79 Å². The third-order valence-corrected chi connectivity index (χ3v) is 6.17. The van der Waals surface area contributed by atoms with E-state index in [1.54, 1.807) is 0 Å². The normalized spacial score (nSPS) is 23.4. The van der Waals surface area contributed by atoms with E-state index in [0.717, 1.165) is 43.3 Å². The van der Waals surface area contributed by atoms with E-state index < -0.39 is 0 Å². The number of para-hydroxylation sites is 1. The maximum Gasteiger partial charge on any atom is 0.267 e. The fourth-order valence-electron chi connectivity index (χ4n) is 4.50. The van der Waals surface area contributed by atoms with Crippen molar-refractivity contribution in [2.75, 3.05) is 13.1 Å². The molecule has 5 rings (SSSR count). The molecule has 2 unspecified atom stereocenters. The number of amides is 1. The largest absolute Gasteiger partial charge is 0.351 e. The fraction of sp³-hybridized carbons (Fsp3) is 0.348. The summed E-state index contributed by atoms with van der Waals surface area (Å²) in [6.07, 6.45) is 3.33. The summed E-state index contributed by atoms with van der Waals surface area (Å²) in [5, 5.41) is 4.28. The number of fused-ring (bicyclic) bond motifs is 1. The van der Waals surface area contributed by atoms with Gasteiger partial charge in [-0.05, 0) is 37.0 Å². The van der Waals surface area contributed by atoms with Gasteiger partial charge in [0.05, 0.1) is 6.17 Å². The standard InChI is InChI=1S/C23H27N5O/c29-23(21-14-17-8-4-5-9-19(17)25-21)24-18-10-12-28(13-11-18)22-15-20(26-27-22)16-6-2-1-3-7-16/h1-9,14,18,20,22,25-27H,10-13,15H2,(H,24,29). The highest BCUT2D eigenvalue weighted by Crippen LogP contribution is 2.25. The quantitative estimate of drug-likeness (QED) is 0.554. The van der Waals surface area contributed by atoms with Crippen LogP contribution in [-0.2, 0) is 0 Å².